The maximum absolute atomic E-state index is 8.77. The number of hydrogen-bond acceptors (Lipinski definition) is 2. The predicted molar refractivity (Wildman–Crippen MR) is 24.0 cm³/mol. The molecule has 0 bridgehead atoms. The molecule has 0 fully saturated rings. The molecule has 0 aliphatic rings. The third-order valence-corrected chi connectivity index (χ3v) is 0. The summed E-state index contributed by atoms with van der Waals surface area (Å²) in [7, 11) is 1.50. The van der Waals surface area contributed by atoms with E-state index in [2.05, 4.69) is 17.3 Å². The van der Waals surface area contributed by atoms with Gasteiger partial charge < -0.3 is 10.8 Å². The summed E-state index contributed by atoms with van der Waals surface area (Å²) >= 11 is 4.19. The van der Waals surface area contributed by atoms with E-state index in [0.717, 1.165) is 0 Å². The number of carboxylic acid groups (broad SMARTS) is 1. The van der Waals surface area contributed by atoms with Crippen molar-refractivity contribution in [2.75, 3.05) is 7.05 Å². The quantitative estimate of drug-likeness (QED) is 0.447. The minimum atomic E-state index is -1.36. The fraction of sp³-hybridized carbons (Fsp3) is 0.500. The van der Waals surface area contributed by atoms with Gasteiger partial charge >= 0.3 is 5.43 Å². The Labute approximate surface area is 40.7 Å². The van der Waals surface area contributed by atoms with Crippen LogP contribution in [0, 0.1) is 0 Å². The lowest BCUT2D eigenvalue weighted by Crippen LogP contribution is -1.69. The molecule has 0 atom stereocenters. The summed E-state index contributed by atoms with van der Waals surface area (Å²) in [4.78, 5) is 8.77. The first kappa shape index (κ1) is 9.21. The van der Waals surface area contributed by atoms with Crippen molar-refractivity contribution in [1.29, 1.82) is 0 Å². The zero-order chi connectivity index (χ0) is 5.58. The molecule has 0 unspecified atom stereocenters. The van der Waals surface area contributed by atoms with Gasteiger partial charge in [-0.2, -0.15) is 0 Å². The zero-order valence-corrected chi connectivity index (χ0v) is 4.07. The fourth-order valence-electron chi connectivity index (χ4n) is 0. The summed E-state index contributed by atoms with van der Waals surface area (Å²) in [5.74, 6) is 0. The van der Waals surface area contributed by atoms with Crippen LogP contribution in [0.15, 0.2) is 0 Å². The molecule has 4 heteroatoms. The van der Waals surface area contributed by atoms with Crippen LogP contribution in [-0.4, -0.2) is 17.6 Å². The Morgan fingerprint density at radius 2 is 1.83 bits per heavy atom. The Balaban J connectivity index is 0. The fourth-order valence-corrected chi connectivity index (χ4v) is 0. The smallest absolute Gasteiger partial charge is 0.401 e. The first-order chi connectivity index (χ1) is 2.73. The normalized spacial score (nSPS) is 5.17. The lowest BCUT2D eigenvalue weighted by atomic mass is 11.6. The molecule has 3 N–H and O–H groups in total. The summed E-state index contributed by atoms with van der Waals surface area (Å²) in [5, 5.41) is 7.18. The molecule has 0 saturated carbocycles. The molecular formula is C2H6ClNO2. The van der Waals surface area contributed by atoms with Crippen molar-refractivity contribution in [3.63, 3.8) is 0 Å². The standard InChI is InChI=1S/CHClO2.CH5N/c2-1(3)4;1-2/h(H,3,4);2H2,1H3. The second-order valence-corrected chi connectivity index (χ2v) is 0.576. The van der Waals surface area contributed by atoms with Crippen LogP contribution in [0.1, 0.15) is 0 Å². The first-order valence-corrected chi connectivity index (χ1v) is 1.57. The van der Waals surface area contributed by atoms with E-state index in [-0.39, 0.29) is 0 Å². The Bertz CT molecular complexity index is 34.5. The highest BCUT2D eigenvalue weighted by atomic mass is 35.5. The van der Waals surface area contributed by atoms with Gasteiger partial charge in [-0.15, -0.1) is 0 Å². The number of nitrogens with two attached hydrogens (primary N) is 1. The van der Waals surface area contributed by atoms with Gasteiger partial charge in [0.25, 0.3) is 0 Å². The molecule has 0 rings (SSSR count). The van der Waals surface area contributed by atoms with Crippen LogP contribution < -0.4 is 5.73 Å². The number of hydrogen-bond donors (Lipinski definition) is 2. The predicted octanol–water partition coefficient (Wildman–Crippen LogP) is 0.478. The van der Waals surface area contributed by atoms with Crippen LogP contribution in [0.5, 0.6) is 0 Å². The van der Waals surface area contributed by atoms with Crippen molar-refractivity contribution in [1.82, 2.24) is 0 Å². The molecule has 0 heterocycles. The maximum atomic E-state index is 8.77. The van der Waals surface area contributed by atoms with Gasteiger partial charge in [-0.25, -0.2) is 4.79 Å². The van der Waals surface area contributed by atoms with E-state index >= 15 is 0 Å². The first-order valence-electron chi connectivity index (χ1n) is 1.19. The molecule has 6 heavy (non-hydrogen) atoms. The van der Waals surface area contributed by atoms with Gasteiger partial charge in [-0.3, -0.25) is 0 Å². The summed E-state index contributed by atoms with van der Waals surface area (Å²) in [6.07, 6.45) is 0. The number of rotatable bonds is 0. The van der Waals surface area contributed by atoms with Gasteiger partial charge in [0.05, 0.1) is 0 Å². The van der Waals surface area contributed by atoms with E-state index < -0.39 is 5.43 Å². The molecule has 0 amide bonds. The van der Waals surface area contributed by atoms with Crippen LogP contribution in [0.2, 0.25) is 0 Å². The van der Waals surface area contributed by atoms with Crippen LogP contribution in [0.4, 0.5) is 4.79 Å². The van der Waals surface area contributed by atoms with Crippen LogP contribution in [0.25, 0.3) is 0 Å². The number of carbonyl (C=O) groups is 1. The van der Waals surface area contributed by atoms with Crippen LogP contribution in [0.3, 0.4) is 0 Å². The molecule has 0 aliphatic heterocycles. The Morgan fingerprint density at radius 1 is 1.83 bits per heavy atom. The van der Waals surface area contributed by atoms with E-state index in [1.54, 1.807) is 0 Å². The van der Waals surface area contributed by atoms with E-state index in [9.17, 15) is 0 Å². The monoisotopic (exact) mass is 111 g/mol. The van der Waals surface area contributed by atoms with Crippen molar-refractivity contribution in [3.05, 3.63) is 0 Å². The van der Waals surface area contributed by atoms with Crippen molar-refractivity contribution in [2.45, 2.75) is 0 Å². The summed E-state index contributed by atoms with van der Waals surface area (Å²) in [6, 6.07) is 0. The third-order valence-electron chi connectivity index (χ3n) is 0. The average molecular weight is 112 g/mol. The Hall–Kier alpha value is -0.280. The molecule has 0 aliphatic carbocycles. The summed E-state index contributed by atoms with van der Waals surface area (Å²) < 4.78 is 0. The lowest BCUT2D eigenvalue weighted by Gasteiger charge is -1.55. The summed E-state index contributed by atoms with van der Waals surface area (Å²) in [5.41, 5.74) is 3.14. The SMILES string of the molecule is CN.O=C(O)Cl. The molecule has 38 valence electrons. The maximum Gasteiger partial charge on any atom is 0.401 e. The third kappa shape index (κ3) is 351. The lowest BCUT2D eigenvalue weighted by molar-refractivity contribution is 0.220. The Kier molecular flexibility index (Phi) is 13.5. The van der Waals surface area contributed by atoms with Crippen LogP contribution >= 0.6 is 11.6 Å². The average Bonchev–Trinajstić information content (AvgIpc) is 1.41. The highest BCUT2D eigenvalue weighted by Gasteiger charge is 1.71. The Morgan fingerprint density at radius 3 is 1.83 bits per heavy atom. The minimum absolute atomic E-state index is 1.36. The van der Waals surface area contributed by atoms with Gasteiger partial charge in [0, 0.05) is 11.6 Å². The van der Waals surface area contributed by atoms with E-state index in [0.29, 0.717) is 0 Å². The molecule has 0 aromatic rings. The molecule has 0 aromatic heterocycles. The van der Waals surface area contributed by atoms with E-state index in [1.807, 2.05) is 0 Å². The van der Waals surface area contributed by atoms with Gasteiger partial charge in [0.15, 0.2) is 0 Å². The van der Waals surface area contributed by atoms with Crippen LogP contribution in [-0.2, 0) is 0 Å². The molecule has 0 saturated heterocycles. The van der Waals surface area contributed by atoms with Crippen molar-refractivity contribution in [3.8, 4) is 0 Å². The largest absolute Gasteiger partial charge is 0.469 e. The molecule has 0 radical (unpaired) electrons. The minimum Gasteiger partial charge on any atom is -0.469 e. The zero-order valence-electron chi connectivity index (χ0n) is 3.31. The second-order valence-electron chi connectivity index (χ2n) is 0.253. The van der Waals surface area contributed by atoms with Gasteiger partial charge in [0.2, 0.25) is 0 Å². The highest BCUT2D eigenvalue weighted by Crippen LogP contribution is 1.67. The van der Waals surface area contributed by atoms with E-state index in [4.69, 9.17) is 9.90 Å². The molecular weight excluding hydrogens is 105 g/mol. The van der Waals surface area contributed by atoms with E-state index in [1.165, 1.54) is 7.05 Å². The van der Waals surface area contributed by atoms with Crippen molar-refractivity contribution < 1.29 is 9.90 Å². The number of halogens is 1. The summed E-state index contributed by atoms with van der Waals surface area (Å²) in [6.45, 7) is 0. The molecule has 0 aromatic carbocycles. The van der Waals surface area contributed by atoms with Gasteiger partial charge in [0.1, 0.15) is 0 Å². The molecule has 3 nitrogen and oxygen atoms in total. The van der Waals surface area contributed by atoms with Gasteiger partial charge in [-0.05, 0) is 7.05 Å². The van der Waals surface area contributed by atoms with Gasteiger partial charge in [-0.1, -0.05) is 0 Å². The highest BCUT2D eigenvalue weighted by molar-refractivity contribution is 6.60. The topological polar surface area (TPSA) is 63.3 Å². The second kappa shape index (κ2) is 8.83. The van der Waals surface area contributed by atoms with Crippen molar-refractivity contribution in [2.24, 2.45) is 5.73 Å². The van der Waals surface area contributed by atoms with Crippen molar-refractivity contribution >= 4 is 17.0 Å². The molecule has 0 spiro atoms.